The van der Waals surface area contributed by atoms with Gasteiger partial charge in [0.05, 0.1) is 6.54 Å². The molecule has 0 radical (unpaired) electrons. The lowest BCUT2D eigenvalue weighted by molar-refractivity contribution is 0.276. The first-order valence-corrected chi connectivity index (χ1v) is 7.20. The molecule has 3 rings (SSSR count). The fourth-order valence-corrected chi connectivity index (χ4v) is 3.28. The highest BCUT2D eigenvalue weighted by Gasteiger charge is 2.40. The highest BCUT2D eigenvalue weighted by Crippen LogP contribution is 2.42. The van der Waals surface area contributed by atoms with E-state index in [0.717, 1.165) is 31.3 Å². The summed E-state index contributed by atoms with van der Waals surface area (Å²) < 4.78 is 0. The van der Waals surface area contributed by atoms with Gasteiger partial charge in [0, 0.05) is 19.0 Å². The number of aromatic nitrogens is 3. The maximum Gasteiger partial charge on any atom is 0.164 e. The second-order valence-electron chi connectivity index (χ2n) is 6.46. The number of hydrogen-bond acceptors (Lipinski definition) is 3. The highest BCUT2D eigenvalue weighted by molar-refractivity contribution is 5.24. The first kappa shape index (κ1) is 13.3. The Morgan fingerprint density at radius 3 is 2.70 bits per heavy atom. The third-order valence-corrected chi connectivity index (χ3v) is 4.23. The molecule has 1 aromatic carbocycles. The van der Waals surface area contributed by atoms with Gasteiger partial charge in [-0.05, 0) is 17.9 Å². The van der Waals surface area contributed by atoms with Crippen LogP contribution in [0.4, 0.5) is 0 Å². The SMILES string of the molecule is Cc1nc(CN2C[C@@H](c3ccccc3)C(C)(C)C2)n[nH]1. The first-order valence-electron chi connectivity index (χ1n) is 7.20. The van der Waals surface area contributed by atoms with E-state index in [9.17, 15) is 0 Å². The Hall–Kier alpha value is -1.68. The number of nitrogens with one attached hydrogen (secondary N) is 1. The van der Waals surface area contributed by atoms with Crippen LogP contribution in [0.5, 0.6) is 0 Å². The van der Waals surface area contributed by atoms with Crippen LogP contribution in [-0.2, 0) is 6.54 Å². The van der Waals surface area contributed by atoms with Gasteiger partial charge in [-0.15, -0.1) is 0 Å². The third kappa shape index (κ3) is 2.61. The summed E-state index contributed by atoms with van der Waals surface area (Å²) >= 11 is 0. The summed E-state index contributed by atoms with van der Waals surface area (Å²) in [5.74, 6) is 2.36. The minimum absolute atomic E-state index is 0.284. The number of H-pyrrole nitrogens is 1. The molecule has 1 fully saturated rings. The standard InChI is InChI=1S/C16H22N4/c1-12-17-15(19-18-12)10-20-9-14(16(2,3)11-20)13-7-5-4-6-8-13/h4-8,14H,9-11H2,1-3H3,(H,17,18,19)/t14-/m0/s1. The van der Waals surface area contributed by atoms with Crippen LogP contribution >= 0.6 is 0 Å². The minimum Gasteiger partial charge on any atom is -0.295 e. The van der Waals surface area contributed by atoms with Crippen LogP contribution in [0.15, 0.2) is 30.3 Å². The van der Waals surface area contributed by atoms with Crippen molar-refractivity contribution in [2.75, 3.05) is 13.1 Å². The molecule has 0 amide bonds. The normalized spacial score (nSPS) is 22.2. The van der Waals surface area contributed by atoms with Crippen LogP contribution in [0.25, 0.3) is 0 Å². The van der Waals surface area contributed by atoms with E-state index in [1.165, 1.54) is 5.56 Å². The van der Waals surface area contributed by atoms with E-state index in [0.29, 0.717) is 5.92 Å². The van der Waals surface area contributed by atoms with Crippen molar-refractivity contribution < 1.29 is 0 Å². The summed E-state index contributed by atoms with van der Waals surface area (Å²) in [5, 5.41) is 7.17. The number of benzene rings is 1. The van der Waals surface area contributed by atoms with Gasteiger partial charge >= 0.3 is 0 Å². The van der Waals surface area contributed by atoms with Gasteiger partial charge in [0.25, 0.3) is 0 Å². The number of aryl methyl sites for hydroxylation is 1. The van der Waals surface area contributed by atoms with E-state index >= 15 is 0 Å². The van der Waals surface area contributed by atoms with E-state index in [2.05, 4.69) is 64.3 Å². The Bertz CT molecular complexity index is 573. The minimum atomic E-state index is 0.284. The van der Waals surface area contributed by atoms with Crippen molar-refractivity contribution in [2.24, 2.45) is 5.41 Å². The monoisotopic (exact) mass is 270 g/mol. The molecular formula is C16H22N4. The molecule has 4 heteroatoms. The molecular weight excluding hydrogens is 248 g/mol. The van der Waals surface area contributed by atoms with Crippen LogP contribution in [0.3, 0.4) is 0 Å². The predicted molar refractivity (Wildman–Crippen MR) is 79.4 cm³/mol. The summed E-state index contributed by atoms with van der Waals surface area (Å²) in [6.07, 6.45) is 0. The Balaban J connectivity index is 1.75. The lowest BCUT2D eigenvalue weighted by atomic mass is 9.78. The van der Waals surface area contributed by atoms with E-state index in [1.807, 2.05) is 6.92 Å². The molecule has 0 aliphatic carbocycles. The van der Waals surface area contributed by atoms with Crippen LogP contribution in [-0.4, -0.2) is 33.2 Å². The Labute approximate surface area is 120 Å². The Morgan fingerprint density at radius 2 is 2.05 bits per heavy atom. The maximum absolute atomic E-state index is 4.41. The molecule has 1 N–H and O–H groups in total. The molecule has 1 atom stereocenters. The summed E-state index contributed by atoms with van der Waals surface area (Å²) in [6, 6.07) is 10.8. The highest BCUT2D eigenvalue weighted by atomic mass is 15.3. The predicted octanol–water partition coefficient (Wildman–Crippen LogP) is 2.74. The Kier molecular flexibility index (Phi) is 3.34. The number of likely N-dealkylation sites (tertiary alicyclic amines) is 1. The summed E-state index contributed by atoms with van der Waals surface area (Å²) in [4.78, 5) is 6.87. The topological polar surface area (TPSA) is 44.8 Å². The fourth-order valence-electron chi connectivity index (χ4n) is 3.28. The number of nitrogens with zero attached hydrogens (tertiary/aromatic N) is 3. The molecule has 0 unspecified atom stereocenters. The van der Waals surface area contributed by atoms with Crippen molar-refractivity contribution >= 4 is 0 Å². The summed E-state index contributed by atoms with van der Waals surface area (Å²) in [6.45, 7) is 9.64. The van der Waals surface area contributed by atoms with Crippen LogP contribution < -0.4 is 0 Å². The van der Waals surface area contributed by atoms with Gasteiger partial charge in [-0.1, -0.05) is 44.2 Å². The van der Waals surface area contributed by atoms with Crippen LogP contribution in [0.2, 0.25) is 0 Å². The van der Waals surface area contributed by atoms with Crippen molar-refractivity contribution in [1.82, 2.24) is 20.1 Å². The number of hydrogen-bond donors (Lipinski definition) is 1. The molecule has 106 valence electrons. The zero-order valence-electron chi connectivity index (χ0n) is 12.4. The summed E-state index contributed by atoms with van der Waals surface area (Å²) in [7, 11) is 0. The van der Waals surface area contributed by atoms with Gasteiger partial charge in [0.1, 0.15) is 5.82 Å². The van der Waals surface area contributed by atoms with Crippen molar-refractivity contribution in [3.8, 4) is 0 Å². The van der Waals surface area contributed by atoms with Gasteiger partial charge in [0.15, 0.2) is 5.82 Å². The molecule has 2 aromatic rings. The van der Waals surface area contributed by atoms with Crippen LogP contribution in [0.1, 0.15) is 37.0 Å². The van der Waals surface area contributed by atoms with Crippen LogP contribution in [0, 0.1) is 12.3 Å². The van der Waals surface area contributed by atoms with Crippen molar-refractivity contribution in [3.05, 3.63) is 47.5 Å². The van der Waals surface area contributed by atoms with Gasteiger partial charge < -0.3 is 0 Å². The van der Waals surface area contributed by atoms with E-state index < -0.39 is 0 Å². The Morgan fingerprint density at radius 1 is 1.30 bits per heavy atom. The second-order valence-corrected chi connectivity index (χ2v) is 6.46. The molecule has 1 aromatic heterocycles. The molecule has 0 spiro atoms. The molecule has 1 aliphatic rings. The smallest absolute Gasteiger partial charge is 0.164 e. The molecule has 20 heavy (non-hydrogen) atoms. The fraction of sp³-hybridized carbons (Fsp3) is 0.500. The van der Waals surface area contributed by atoms with Crippen molar-refractivity contribution in [2.45, 2.75) is 33.2 Å². The molecule has 0 bridgehead atoms. The molecule has 2 heterocycles. The van der Waals surface area contributed by atoms with Gasteiger partial charge in [-0.2, -0.15) is 5.10 Å². The quantitative estimate of drug-likeness (QED) is 0.932. The lowest BCUT2D eigenvalue weighted by Crippen LogP contribution is -2.23. The second kappa shape index (κ2) is 5.02. The first-order chi connectivity index (χ1) is 9.54. The molecule has 1 aliphatic heterocycles. The molecule has 0 saturated carbocycles. The average molecular weight is 270 g/mol. The van der Waals surface area contributed by atoms with Gasteiger partial charge in [0.2, 0.25) is 0 Å². The molecule has 4 nitrogen and oxygen atoms in total. The van der Waals surface area contributed by atoms with E-state index in [4.69, 9.17) is 0 Å². The van der Waals surface area contributed by atoms with E-state index in [-0.39, 0.29) is 5.41 Å². The largest absolute Gasteiger partial charge is 0.295 e. The maximum atomic E-state index is 4.41. The molecule has 1 saturated heterocycles. The lowest BCUT2D eigenvalue weighted by Gasteiger charge is -2.26. The van der Waals surface area contributed by atoms with E-state index in [1.54, 1.807) is 0 Å². The number of rotatable bonds is 3. The summed E-state index contributed by atoms with van der Waals surface area (Å²) in [5.41, 5.74) is 1.72. The number of aromatic amines is 1. The van der Waals surface area contributed by atoms with Gasteiger partial charge in [-0.3, -0.25) is 10.00 Å². The zero-order chi connectivity index (χ0) is 14.2. The van der Waals surface area contributed by atoms with Crippen molar-refractivity contribution in [3.63, 3.8) is 0 Å². The van der Waals surface area contributed by atoms with Gasteiger partial charge in [-0.25, -0.2) is 4.98 Å². The zero-order valence-corrected chi connectivity index (χ0v) is 12.4. The third-order valence-electron chi connectivity index (χ3n) is 4.23. The average Bonchev–Trinajstić information content (AvgIpc) is 2.94. The van der Waals surface area contributed by atoms with Crippen molar-refractivity contribution in [1.29, 1.82) is 0 Å².